The number of carbonyl (C=O) groups excluding carboxylic acids is 1. The minimum atomic E-state index is 0.130. The van der Waals surface area contributed by atoms with Gasteiger partial charge in [-0.1, -0.05) is 47.0 Å². The lowest BCUT2D eigenvalue weighted by molar-refractivity contribution is -0.112. The molecular weight excluding hydrogens is 316 g/mol. The Balaban J connectivity index is 1.79. The van der Waals surface area contributed by atoms with Crippen LogP contribution in [0.2, 0.25) is 0 Å². The Hall–Kier alpha value is -1.16. The van der Waals surface area contributed by atoms with Crippen LogP contribution in [-0.4, -0.2) is 21.1 Å². The van der Waals surface area contributed by atoms with Crippen LogP contribution in [0.5, 0.6) is 0 Å². The summed E-state index contributed by atoms with van der Waals surface area (Å²) in [4.78, 5) is 19.6. The molecule has 0 bridgehead atoms. The summed E-state index contributed by atoms with van der Waals surface area (Å²) in [5.74, 6) is 1.38. The van der Waals surface area contributed by atoms with E-state index in [4.69, 9.17) is 0 Å². The van der Waals surface area contributed by atoms with Gasteiger partial charge in [0.2, 0.25) is 0 Å². The smallest absolute Gasteiger partial charge is 0.123 e. The maximum absolute atomic E-state index is 11.2. The van der Waals surface area contributed by atoms with Gasteiger partial charge in [-0.3, -0.25) is 0 Å². The van der Waals surface area contributed by atoms with Crippen molar-refractivity contribution in [3.63, 3.8) is 0 Å². The van der Waals surface area contributed by atoms with E-state index < -0.39 is 0 Å². The number of rotatable bonds is 3. The van der Waals surface area contributed by atoms with Crippen molar-refractivity contribution in [3.05, 3.63) is 35.9 Å². The van der Waals surface area contributed by atoms with E-state index >= 15 is 0 Å². The quantitative estimate of drug-likeness (QED) is 0.671. The average Bonchev–Trinajstić information content (AvgIpc) is 2.97. The van der Waals surface area contributed by atoms with Crippen molar-refractivity contribution in [2.45, 2.75) is 42.8 Å². The molecule has 0 aromatic carbocycles. The maximum atomic E-state index is 11.2. The van der Waals surface area contributed by atoms with Crippen molar-refractivity contribution in [2.75, 3.05) is 0 Å². The number of nitrogens with one attached hydrogen (secondary N) is 1. The summed E-state index contributed by atoms with van der Waals surface area (Å²) in [5.41, 5.74) is 2.25. The zero-order valence-corrected chi connectivity index (χ0v) is 13.0. The second kappa shape index (κ2) is 6.08. The lowest BCUT2D eigenvalue weighted by Crippen LogP contribution is -2.20. The second-order valence-electron chi connectivity index (χ2n) is 5.64. The molecule has 1 N–H and O–H groups in total. The number of H-pyrrole nitrogens is 1. The monoisotopic (exact) mass is 334 g/mol. The molecule has 2 aliphatic carbocycles. The summed E-state index contributed by atoms with van der Waals surface area (Å²) in [6.45, 7) is 0. The van der Waals surface area contributed by atoms with Crippen LogP contribution in [0.3, 0.4) is 0 Å². The number of aldehydes is 1. The molecule has 0 spiro atoms. The van der Waals surface area contributed by atoms with E-state index in [1.807, 2.05) is 6.20 Å². The highest BCUT2D eigenvalue weighted by Crippen LogP contribution is 2.36. The first kappa shape index (κ1) is 13.8. The van der Waals surface area contributed by atoms with Crippen LogP contribution >= 0.6 is 15.9 Å². The molecule has 1 saturated carbocycles. The predicted molar refractivity (Wildman–Crippen MR) is 83.8 cm³/mol. The van der Waals surface area contributed by atoms with E-state index in [9.17, 15) is 4.79 Å². The van der Waals surface area contributed by atoms with E-state index in [0.717, 1.165) is 43.5 Å². The first-order valence-corrected chi connectivity index (χ1v) is 8.22. The lowest BCUT2D eigenvalue weighted by Gasteiger charge is -2.25. The summed E-state index contributed by atoms with van der Waals surface area (Å²) in [7, 11) is 0. The Bertz CT molecular complexity index is 546. The van der Waals surface area contributed by atoms with Crippen LogP contribution in [0, 0.1) is 5.92 Å². The summed E-state index contributed by atoms with van der Waals surface area (Å²) in [5, 5.41) is 0. The number of aromatic nitrogens is 2. The second-order valence-corrected chi connectivity index (χ2v) is 6.82. The largest absolute Gasteiger partial charge is 0.342 e. The highest BCUT2D eigenvalue weighted by Gasteiger charge is 2.28. The van der Waals surface area contributed by atoms with Crippen LogP contribution in [0.4, 0.5) is 0 Å². The Morgan fingerprint density at radius 2 is 2.20 bits per heavy atom. The van der Waals surface area contributed by atoms with Gasteiger partial charge in [0.15, 0.2) is 0 Å². The summed E-state index contributed by atoms with van der Waals surface area (Å²) >= 11 is 3.58. The van der Waals surface area contributed by atoms with Gasteiger partial charge in [-0.25, -0.2) is 4.98 Å². The molecule has 3 nitrogen and oxygen atoms in total. The molecule has 1 fully saturated rings. The third-order valence-corrected chi connectivity index (χ3v) is 4.98. The Morgan fingerprint density at radius 1 is 1.35 bits per heavy atom. The highest BCUT2D eigenvalue weighted by atomic mass is 79.9. The number of imidazole rings is 1. The fourth-order valence-corrected chi connectivity index (χ4v) is 3.47. The van der Waals surface area contributed by atoms with E-state index in [-0.39, 0.29) is 11.8 Å². The molecule has 0 amide bonds. The minimum absolute atomic E-state index is 0.130. The Kier molecular flexibility index (Phi) is 4.20. The van der Waals surface area contributed by atoms with Gasteiger partial charge in [0, 0.05) is 16.7 Å². The molecule has 0 aliphatic heterocycles. The molecule has 3 rings (SSSR count). The number of aromatic amines is 1. The SMILES string of the molecule is O=CC1CCCC[C@H]1c1ncc(C2=CCC(Br)C=C2)[nH]1. The average molecular weight is 335 g/mol. The van der Waals surface area contributed by atoms with Crippen molar-refractivity contribution in [2.24, 2.45) is 5.92 Å². The molecule has 0 saturated heterocycles. The van der Waals surface area contributed by atoms with Gasteiger partial charge in [0.25, 0.3) is 0 Å². The number of carbonyl (C=O) groups is 1. The third kappa shape index (κ3) is 2.80. The normalized spacial score (nSPS) is 30.1. The van der Waals surface area contributed by atoms with Crippen molar-refractivity contribution in [1.29, 1.82) is 0 Å². The zero-order chi connectivity index (χ0) is 13.9. The maximum Gasteiger partial charge on any atom is 0.123 e. The summed E-state index contributed by atoms with van der Waals surface area (Å²) in [6.07, 6.45) is 14.9. The van der Waals surface area contributed by atoms with Crippen molar-refractivity contribution >= 4 is 27.8 Å². The van der Waals surface area contributed by atoms with Gasteiger partial charge >= 0.3 is 0 Å². The molecule has 2 aliphatic rings. The fourth-order valence-electron chi connectivity index (χ4n) is 3.13. The Labute approximate surface area is 127 Å². The van der Waals surface area contributed by atoms with Crippen molar-refractivity contribution < 1.29 is 4.79 Å². The number of nitrogens with zero attached hydrogens (tertiary/aromatic N) is 1. The first-order valence-electron chi connectivity index (χ1n) is 7.31. The van der Waals surface area contributed by atoms with Gasteiger partial charge in [-0.05, 0) is 24.8 Å². The molecular formula is C16H19BrN2O. The molecule has 2 unspecified atom stereocenters. The minimum Gasteiger partial charge on any atom is -0.342 e. The van der Waals surface area contributed by atoms with Crippen LogP contribution in [0.25, 0.3) is 5.57 Å². The fraction of sp³-hybridized carbons (Fsp3) is 0.500. The van der Waals surface area contributed by atoms with Crippen LogP contribution in [0.1, 0.15) is 49.5 Å². The van der Waals surface area contributed by atoms with E-state index in [1.54, 1.807) is 0 Å². The summed E-state index contributed by atoms with van der Waals surface area (Å²) < 4.78 is 0. The molecule has 0 radical (unpaired) electrons. The van der Waals surface area contributed by atoms with Gasteiger partial charge < -0.3 is 9.78 Å². The van der Waals surface area contributed by atoms with Crippen molar-refractivity contribution in [1.82, 2.24) is 9.97 Å². The zero-order valence-electron chi connectivity index (χ0n) is 11.4. The Morgan fingerprint density at radius 3 is 2.95 bits per heavy atom. The molecule has 4 heteroatoms. The lowest BCUT2D eigenvalue weighted by atomic mass is 9.80. The summed E-state index contributed by atoms with van der Waals surface area (Å²) in [6, 6.07) is 0. The van der Waals surface area contributed by atoms with E-state index in [1.165, 1.54) is 12.0 Å². The van der Waals surface area contributed by atoms with Gasteiger partial charge in [0.1, 0.15) is 12.1 Å². The molecule has 1 aromatic heterocycles. The number of hydrogen-bond donors (Lipinski definition) is 1. The van der Waals surface area contributed by atoms with Crippen LogP contribution < -0.4 is 0 Å². The van der Waals surface area contributed by atoms with Gasteiger partial charge in [-0.2, -0.15) is 0 Å². The topological polar surface area (TPSA) is 45.8 Å². The van der Waals surface area contributed by atoms with Crippen molar-refractivity contribution in [3.8, 4) is 0 Å². The van der Waals surface area contributed by atoms with E-state index in [2.05, 4.69) is 44.1 Å². The predicted octanol–water partition coefficient (Wildman–Crippen LogP) is 3.99. The van der Waals surface area contributed by atoms with Crippen LogP contribution in [0.15, 0.2) is 24.4 Å². The molecule has 20 heavy (non-hydrogen) atoms. The standard InChI is InChI=1S/C16H19BrN2O/c17-13-7-5-11(6-8-13)15-9-18-16(19-15)14-4-2-1-3-12(14)10-20/h5-7,9-10,12-14H,1-4,8H2,(H,18,19)/t12?,13?,14-/m1/s1. The highest BCUT2D eigenvalue weighted by molar-refractivity contribution is 9.09. The number of halogens is 1. The van der Waals surface area contributed by atoms with Gasteiger partial charge in [0.05, 0.1) is 11.9 Å². The number of hydrogen-bond acceptors (Lipinski definition) is 2. The molecule has 3 atom stereocenters. The first-order chi connectivity index (χ1) is 9.78. The van der Waals surface area contributed by atoms with E-state index in [0.29, 0.717) is 4.83 Å². The van der Waals surface area contributed by atoms with Gasteiger partial charge in [-0.15, -0.1) is 0 Å². The number of alkyl halides is 1. The molecule has 106 valence electrons. The molecule has 1 aromatic rings. The van der Waals surface area contributed by atoms with Crippen LogP contribution in [-0.2, 0) is 4.79 Å². The third-order valence-electron chi connectivity index (χ3n) is 4.30. The molecule has 1 heterocycles. The number of allylic oxidation sites excluding steroid dienone is 4.